The SMILES string of the molecule is O=C(c1cc2cc(Cl)ccc2o1)N1CC2CC(C1)c1cccc(=O)n1C2. The highest BCUT2D eigenvalue weighted by molar-refractivity contribution is 6.31. The Morgan fingerprint density at radius 3 is 2.88 bits per heavy atom. The van der Waals surface area contributed by atoms with Crippen LogP contribution >= 0.6 is 11.6 Å². The molecular weight excluding hydrogens is 352 g/mol. The van der Waals surface area contributed by atoms with Gasteiger partial charge in [0.25, 0.3) is 11.5 Å². The van der Waals surface area contributed by atoms with Crippen LogP contribution in [0.1, 0.15) is 28.6 Å². The molecule has 2 aliphatic rings. The van der Waals surface area contributed by atoms with Crippen LogP contribution < -0.4 is 5.56 Å². The number of aromatic nitrogens is 1. The molecule has 0 aliphatic carbocycles. The lowest BCUT2D eigenvalue weighted by Crippen LogP contribution is -2.49. The first-order chi connectivity index (χ1) is 12.6. The molecule has 5 rings (SSSR count). The summed E-state index contributed by atoms with van der Waals surface area (Å²) in [5, 5.41) is 1.45. The first-order valence-corrected chi connectivity index (χ1v) is 9.14. The monoisotopic (exact) mass is 368 g/mol. The van der Waals surface area contributed by atoms with E-state index in [0.29, 0.717) is 41.9 Å². The maximum atomic E-state index is 13.0. The van der Waals surface area contributed by atoms with Crippen LogP contribution in [0.15, 0.2) is 51.7 Å². The van der Waals surface area contributed by atoms with E-state index in [1.807, 2.05) is 15.5 Å². The fourth-order valence-electron chi connectivity index (χ4n) is 4.34. The molecule has 1 amide bonds. The molecule has 2 unspecified atom stereocenters. The number of benzene rings is 1. The highest BCUT2D eigenvalue weighted by Gasteiger charge is 2.37. The highest BCUT2D eigenvalue weighted by Crippen LogP contribution is 2.36. The summed E-state index contributed by atoms with van der Waals surface area (Å²) in [5.74, 6) is 0.731. The lowest BCUT2D eigenvalue weighted by Gasteiger charge is -2.42. The van der Waals surface area contributed by atoms with E-state index in [4.69, 9.17) is 16.0 Å². The number of pyridine rings is 1. The van der Waals surface area contributed by atoms with Gasteiger partial charge < -0.3 is 13.9 Å². The van der Waals surface area contributed by atoms with E-state index in [9.17, 15) is 9.59 Å². The van der Waals surface area contributed by atoms with Gasteiger partial charge in [-0.25, -0.2) is 0 Å². The average Bonchev–Trinajstić information content (AvgIpc) is 3.05. The zero-order chi connectivity index (χ0) is 17.8. The highest BCUT2D eigenvalue weighted by atomic mass is 35.5. The van der Waals surface area contributed by atoms with Crippen molar-refractivity contribution in [3.05, 3.63) is 69.3 Å². The number of likely N-dealkylation sites (tertiary alicyclic amines) is 1. The molecule has 2 atom stereocenters. The van der Waals surface area contributed by atoms with Gasteiger partial charge in [-0.2, -0.15) is 0 Å². The minimum atomic E-state index is -0.0984. The summed E-state index contributed by atoms with van der Waals surface area (Å²) in [5.41, 5.74) is 1.74. The lowest BCUT2D eigenvalue weighted by molar-refractivity contribution is 0.0566. The predicted octanol–water partition coefficient (Wildman–Crippen LogP) is 3.51. The molecule has 4 heterocycles. The summed E-state index contributed by atoms with van der Waals surface area (Å²) in [7, 11) is 0. The number of nitrogens with zero attached hydrogens (tertiary/aromatic N) is 2. The molecule has 6 heteroatoms. The van der Waals surface area contributed by atoms with Gasteiger partial charge in [0, 0.05) is 47.7 Å². The molecule has 1 aromatic carbocycles. The Bertz CT molecular complexity index is 1080. The second kappa shape index (κ2) is 5.74. The fraction of sp³-hybridized carbons (Fsp3) is 0.300. The van der Waals surface area contributed by atoms with Crippen molar-refractivity contribution in [1.29, 1.82) is 0 Å². The Morgan fingerprint density at radius 2 is 2.00 bits per heavy atom. The molecule has 1 fully saturated rings. The van der Waals surface area contributed by atoms with Gasteiger partial charge in [0.15, 0.2) is 5.76 Å². The van der Waals surface area contributed by atoms with E-state index < -0.39 is 0 Å². The first-order valence-electron chi connectivity index (χ1n) is 8.76. The van der Waals surface area contributed by atoms with Crippen LogP contribution in [0.4, 0.5) is 0 Å². The molecule has 1 saturated heterocycles. The largest absolute Gasteiger partial charge is 0.451 e. The molecule has 132 valence electrons. The third-order valence-electron chi connectivity index (χ3n) is 5.46. The summed E-state index contributed by atoms with van der Waals surface area (Å²) in [6.45, 7) is 1.93. The van der Waals surface area contributed by atoms with Crippen molar-refractivity contribution in [3.63, 3.8) is 0 Å². The topological polar surface area (TPSA) is 55.5 Å². The molecule has 0 N–H and O–H groups in total. The second-order valence-corrected chi connectivity index (χ2v) is 7.64. The summed E-state index contributed by atoms with van der Waals surface area (Å²) in [6.07, 6.45) is 1.02. The van der Waals surface area contributed by atoms with Crippen LogP contribution in [0.2, 0.25) is 5.02 Å². The van der Waals surface area contributed by atoms with E-state index in [1.165, 1.54) is 0 Å². The third-order valence-corrected chi connectivity index (χ3v) is 5.69. The molecule has 5 nitrogen and oxygen atoms in total. The van der Waals surface area contributed by atoms with Gasteiger partial charge in [-0.1, -0.05) is 17.7 Å². The van der Waals surface area contributed by atoms with E-state index in [-0.39, 0.29) is 17.4 Å². The van der Waals surface area contributed by atoms with Gasteiger partial charge in [0.05, 0.1) is 0 Å². The van der Waals surface area contributed by atoms with Gasteiger partial charge in [0.1, 0.15) is 5.58 Å². The molecule has 2 bridgehead atoms. The number of fused-ring (bicyclic) bond motifs is 5. The van der Waals surface area contributed by atoms with Gasteiger partial charge in [-0.3, -0.25) is 9.59 Å². The lowest BCUT2D eigenvalue weighted by atomic mass is 9.83. The second-order valence-electron chi connectivity index (χ2n) is 7.20. The summed E-state index contributed by atoms with van der Waals surface area (Å²) >= 11 is 6.02. The van der Waals surface area contributed by atoms with Crippen LogP contribution in [0.25, 0.3) is 11.0 Å². The van der Waals surface area contributed by atoms with Crippen LogP contribution in [0.5, 0.6) is 0 Å². The van der Waals surface area contributed by atoms with Crippen molar-refractivity contribution >= 4 is 28.5 Å². The summed E-state index contributed by atoms with van der Waals surface area (Å²) in [6, 6.07) is 12.5. The molecular formula is C20H17ClN2O3. The predicted molar refractivity (Wildman–Crippen MR) is 98.7 cm³/mol. The number of piperidine rings is 1. The van der Waals surface area contributed by atoms with Crippen LogP contribution in [-0.2, 0) is 6.54 Å². The zero-order valence-corrected chi connectivity index (χ0v) is 14.8. The van der Waals surface area contributed by atoms with Gasteiger partial charge in [0.2, 0.25) is 0 Å². The summed E-state index contributed by atoms with van der Waals surface area (Å²) < 4.78 is 7.61. The van der Waals surface area contributed by atoms with Crippen LogP contribution in [0, 0.1) is 5.92 Å². The molecule has 0 radical (unpaired) electrons. The fourth-order valence-corrected chi connectivity index (χ4v) is 4.52. The Morgan fingerprint density at radius 1 is 1.12 bits per heavy atom. The van der Waals surface area contributed by atoms with Crippen molar-refractivity contribution < 1.29 is 9.21 Å². The number of carbonyl (C=O) groups excluding carboxylic acids is 1. The first kappa shape index (κ1) is 15.7. The smallest absolute Gasteiger partial charge is 0.289 e. The van der Waals surface area contributed by atoms with Gasteiger partial charge >= 0.3 is 0 Å². The molecule has 26 heavy (non-hydrogen) atoms. The molecule has 0 spiro atoms. The van der Waals surface area contributed by atoms with E-state index in [1.54, 1.807) is 36.4 Å². The Kier molecular flexibility index (Phi) is 3.47. The normalized spacial score (nSPS) is 21.7. The molecule has 2 aliphatic heterocycles. The zero-order valence-electron chi connectivity index (χ0n) is 14.0. The van der Waals surface area contributed by atoms with E-state index in [2.05, 4.69) is 0 Å². The van der Waals surface area contributed by atoms with Crippen LogP contribution in [0.3, 0.4) is 0 Å². The Labute approximate surface area is 154 Å². The molecule has 3 aromatic rings. The maximum Gasteiger partial charge on any atom is 0.289 e. The molecule has 2 aromatic heterocycles. The average molecular weight is 369 g/mol. The Balaban J connectivity index is 1.46. The number of furan rings is 1. The van der Waals surface area contributed by atoms with Crippen molar-refractivity contribution in [2.45, 2.75) is 18.9 Å². The van der Waals surface area contributed by atoms with E-state index >= 15 is 0 Å². The standard InChI is InChI=1S/C20H17ClN2O3/c21-15-4-5-17-13(7-15)8-18(26-17)20(25)22-9-12-6-14(11-22)16-2-1-3-19(24)23(16)10-12/h1-5,7-8,12,14H,6,9-11H2. The van der Waals surface area contributed by atoms with Gasteiger partial charge in [-0.15, -0.1) is 0 Å². The van der Waals surface area contributed by atoms with E-state index in [0.717, 1.165) is 17.5 Å². The maximum absolute atomic E-state index is 13.0. The number of hydrogen-bond acceptors (Lipinski definition) is 3. The minimum absolute atomic E-state index is 0.0474. The van der Waals surface area contributed by atoms with Crippen molar-refractivity contribution in [1.82, 2.24) is 9.47 Å². The van der Waals surface area contributed by atoms with Crippen LogP contribution in [-0.4, -0.2) is 28.5 Å². The number of hydrogen-bond donors (Lipinski definition) is 0. The van der Waals surface area contributed by atoms with Crippen molar-refractivity contribution in [2.75, 3.05) is 13.1 Å². The number of amides is 1. The summed E-state index contributed by atoms with van der Waals surface area (Å²) in [4.78, 5) is 27.0. The molecule has 0 saturated carbocycles. The third kappa shape index (κ3) is 2.46. The van der Waals surface area contributed by atoms with Crippen molar-refractivity contribution in [3.8, 4) is 0 Å². The number of carbonyl (C=O) groups is 1. The van der Waals surface area contributed by atoms with Gasteiger partial charge in [-0.05, 0) is 42.7 Å². The number of halogens is 1. The quantitative estimate of drug-likeness (QED) is 0.660. The number of rotatable bonds is 1. The van der Waals surface area contributed by atoms with Crippen molar-refractivity contribution in [2.24, 2.45) is 5.92 Å². The minimum Gasteiger partial charge on any atom is -0.451 e. The Hall–Kier alpha value is -2.53.